The Labute approximate surface area is 149 Å². The first-order valence-corrected chi connectivity index (χ1v) is 7.95. The van der Waals surface area contributed by atoms with Gasteiger partial charge in [0.2, 0.25) is 0 Å². The van der Waals surface area contributed by atoms with E-state index in [-0.39, 0.29) is 17.5 Å². The number of ketones is 1. The van der Waals surface area contributed by atoms with Crippen LogP contribution in [0.4, 0.5) is 0 Å². The smallest absolute Gasteiger partial charge is 0.322 e. The van der Waals surface area contributed by atoms with Gasteiger partial charge in [-0.05, 0) is 30.7 Å². The highest BCUT2D eigenvalue weighted by molar-refractivity contribution is 6.50. The molecule has 0 aliphatic heterocycles. The maximum atomic E-state index is 12.0. The SMILES string of the molecule is CC(=O)c1nc(Oc2cccc(C#N)c2)nc2c1C(Cl)=C(C(C)O)C2. The second kappa shape index (κ2) is 6.63. The molecule has 7 heteroatoms. The summed E-state index contributed by atoms with van der Waals surface area (Å²) in [5.74, 6) is 0.112. The lowest BCUT2D eigenvalue weighted by molar-refractivity contribution is 0.101. The average molecular weight is 356 g/mol. The zero-order valence-corrected chi connectivity index (χ0v) is 14.3. The molecule has 1 unspecified atom stereocenters. The van der Waals surface area contributed by atoms with E-state index in [1.54, 1.807) is 31.2 Å². The van der Waals surface area contributed by atoms with Crippen LogP contribution in [0.5, 0.6) is 11.8 Å². The predicted molar refractivity (Wildman–Crippen MR) is 91.4 cm³/mol. The zero-order valence-electron chi connectivity index (χ0n) is 13.6. The molecule has 1 atom stereocenters. The zero-order chi connectivity index (χ0) is 18.1. The number of fused-ring (bicyclic) bond motifs is 1. The van der Waals surface area contributed by atoms with E-state index in [1.807, 2.05) is 6.07 Å². The maximum Gasteiger partial charge on any atom is 0.322 e. The molecule has 0 saturated carbocycles. The molecule has 3 rings (SSSR count). The number of nitrogens with zero attached hydrogens (tertiary/aromatic N) is 3. The van der Waals surface area contributed by atoms with Gasteiger partial charge in [0.1, 0.15) is 11.4 Å². The molecule has 0 spiro atoms. The first-order chi connectivity index (χ1) is 11.9. The molecule has 6 nitrogen and oxygen atoms in total. The van der Waals surface area contributed by atoms with Crippen LogP contribution in [0.2, 0.25) is 0 Å². The summed E-state index contributed by atoms with van der Waals surface area (Å²) < 4.78 is 5.62. The Bertz CT molecular complexity index is 945. The molecule has 0 saturated heterocycles. The summed E-state index contributed by atoms with van der Waals surface area (Å²) in [6.45, 7) is 2.99. The molecular formula is C18H14ClN3O3. The van der Waals surface area contributed by atoms with E-state index >= 15 is 0 Å². The van der Waals surface area contributed by atoms with Gasteiger partial charge in [-0.15, -0.1) is 0 Å². The number of carbonyl (C=O) groups is 1. The van der Waals surface area contributed by atoms with Crippen molar-refractivity contribution in [2.24, 2.45) is 0 Å². The number of hydrogen-bond acceptors (Lipinski definition) is 6. The molecule has 1 aliphatic rings. The highest BCUT2D eigenvalue weighted by Gasteiger charge is 2.30. The minimum atomic E-state index is -0.752. The van der Waals surface area contributed by atoms with Gasteiger partial charge in [0, 0.05) is 18.9 Å². The topological polar surface area (TPSA) is 96.1 Å². The Morgan fingerprint density at radius 1 is 1.44 bits per heavy atom. The van der Waals surface area contributed by atoms with E-state index in [1.165, 1.54) is 6.92 Å². The molecule has 0 amide bonds. The summed E-state index contributed by atoms with van der Waals surface area (Å²) in [7, 11) is 0. The minimum absolute atomic E-state index is 0.00431. The maximum absolute atomic E-state index is 12.0. The third-order valence-corrected chi connectivity index (χ3v) is 4.26. The first-order valence-electron chi connectivity index (χ1n) is 7.57. The van der Waals surface area contributed by atoms with Crippen molar-refractivity contribution < 1.29 is 14.6 Å². The average Bonchev–Trinajstić information content (AvgIpc) is 2.91. The summed E-state index contributed by atoms with van der Waals surface area (Å²) in [4.78, 5) is 20.5. The molecule has 0 fully saturated rings. The normalized spacial score (nSPS) is 14.0. The summed E-state index contributed by atoms with van der Waals surface area (Å²) in [6.07, 6.45) is -0.429. The van der Waals surface area contributed by atoms with Crippen LogP contribution in [0.3, 0.4) is 0 Å². The van der Waals surface area contributed by atoms with E-state index in [0.29, 0.717) is 39.6 Å². The van der Waals surface area contributed by atoms with Gasteiger partial charge >= 0.3 is 6.01 Å². The van der Waals surface area contributed by atoms with Crippen molar-refractivity contribution >= 4 is 22.4 Å². The van der Waals surface area contributed by atoms with Gasteiger partial charge in [0.05, 0.1) is 28.5 Å². The summed E-state index contributed by atoms with van der Waals surface area (Å²) in [5, 5.41) is 19.1. The molecule has 0 radical (unpaired) electrons. The van der Waals surface area contributed by atoms with Gasteiger partial charge in [0.15, 0.2) is 5.78 Å². The molecule has 1 heterocycles. The van der Waals surface area contributed by atoms with Crippen molar-refractivity contribution in [1.82, 2.24) is 9.97 Å². The van der Waals surface area contributed by atoms with E-state index in [0.717, 1.165) is 0 Å². The second-order valence-electron chi connectivity index (χ2n) is 5.67. The Hall–Kier alpha value is -2.75. The summed E-state index contributed by atoms with van der Waals surface area (Å²) >= 11 is 6.32. The Morgan fingerprint density at radius 3 is 2.84 bits per heavy atom. The van der Waals surface area contributed by atoms with Crippen molar-refractivity contribution in [2.45, 2.75) is 26.4 Å². The fourth-order valence-corrected chi connectivity index (χ4v) is 3.05. The van der Waals surface area contributed by atoms with Crippen LogP contribution in [0.15, 0.2) is 29.8 Å². The molecule has 1 aromatic heterocycles. The number of ether oxygens (including phenoxy) is 1. The number of aliphatic hydroxyl groups excluding tert-OH is 1. The van der Waals surface area contributed by atoms with E-state index in [4.69, 9.17) is 21.6 Å². The van der Waals surface area contributed by atoms with Crippen molar-refractivity contribution in [1.29, 1.82) is 5.26 Å². The second-order valence-corrected chi connectivity index (χ2v) is 6.04. The van der Waals surface area contributed by atoms with Crippen molar-refractivity contribution in [2.75, 3.05) is 0 Å². The highest BCUT2D eigenvalue weighted by atomic mass is 35.5. The Balaban J connectivity index is 2.04. The highest BCUT2D eigenvalue weighted by Crippen LogP contribution is 2.39. The largest absolute Gasteiger partial charge is 0.424 e. The van der Waals surface area contributed by atoms with Crippen molar-refractivity contribution in [3.8, 4) is 17.8 Å². The van der Waals surface area contributed by atoms with Gasteiger partial charge in [0.25, 0.3) is 0 Å². The lowest BCUT2D eigenvalue weighted by atomic mass is 10.1. The Kier molecular flexibility index (Phi) is 4.53. The van der Waals surface area contributed by atoms with E-state index in [2.05, 4.69) is 9.97 Å². The quantitative estimate of drug-likeness (QED) is 0.846. The number of benzene rings is 1. The van der Waals surface area contributed by atoms with Crippen LogP contribution in [0.25, 0.3) is 5.03 Å². The number of carbonyl (C=O) groups excluding carboxylic acids is 1. The van der Waals surface area contributed by atoms with Crippen molar-refractivity contribution in [3.05, 3.63) is 52.4 Å². The molecule has 126 valence electrons. The van der Waals surface area contributed by atoms with Gasteiger partial charge in [-0.1, -0.05) is 17.7 Å². The van der Waals surface area contributed by atoms with Gasteiger partial charge in [-0.3, -0.25) is 4.79 Å². The van der Waals surface area contributed by atoms with Crippen LogP contribution in [0, 0.1) is 11.3 Å². The minimum Gasteiger partial charge on any atom is -0.424 e. The molecule has 2 aromatic rings. The number of halogens is 1. The van der Waals surface area contributed by atoms with Crippen LogP contribution >= 0.6 is 11.6 Å². The number of hydrogen-bond donors (Lipinski definition) is 1. The fourth-order valence-electron chi connectivity index (χ4n) is 2.63. The number of Topliss-reactive ketones (excluding diaryl/α,β-unsaturated/α-hetero) is 1. The molecular weight excluding hydrogens is 342 g/mol. The number of nitriles is 1. The monoisotopic (exact) mass is 355 g/mol. The molecule has 1 aliphatic carbocycles. The summed E-state index contributed by atoms with van der Waals surface area (Å²) in [5.41, 5.74) is 2.16. The van der Waals surface area contributed by atoms with Crippen LogP contribution in [-0.4, -0.2) is 27.0 Å². The molecule has 1 N–H and O–H groups in total. The van der Waals surface area contributed by atoms with Crippen molar-refractivity contribution in [3.63, 3.8) is 0 Å². The number of rotatable bonds is 4. The van der Waals surface area contributed by atoms with Gasteiger partial charge < -0.3 is 9.84 Å². The lowest BCUT2D eigenvalue weighted by Gasteiger charge is -2.09. The van der Waals surface area contributed by atoms with E-state index < -0.39 is 6.10 Å². The standard InChI is InChI=1S/C18H14ClN3O3/c1-9(23)13-7-14-15(16(13)19)17(10(2)24)22-18(21-14)25-12-5-3-4-11(6-12)8-20/h3-6,9,23H,7H2,1-2H3. The van der Waals surface area contributed by atoms with Gasteiger partial charge in [-0.25, -0.2) is 0 Å². The third kappa shape index (κ3) is 3.25. The molecule has 1 aromatic carbocycles. The molecule has 25 heavy (non-hydrogen) atoms. The van der Waals surface area contributed by atoms with Crippen LogP contribution in [-0.2, 0) is 6.42 Å². The fraction of sp³-hybridized carbons (Fsp3) is 0.222. The Morgan fingerprint density at radius 2 is 2.20 bits per heavy atom. The van der Waals surface area contributed by atoms with E-state index in [9.17, 15) is 9.90 Å². The lowest BCUT2D eigenvalue weighted by Crippen LogP contribution is -2.07. The van der Waals surface area contributed by atoms with Crippen LogP contribution in [0.1, 0.15) is 41.2 Å². The number of aliphatic hydroxyl groups is 1. The first kappa shape index (κ1) is 17.1. The predicted octanol–water partition coefficient (Wildman–Crippen LogP) is 3.23. The summed E-state index contributed by atoms with van der Waals surface area (Å²) in [6, 6.07) is 8.56. The molecule has 0 bridgehead atoms. The van der Waals surface area contributed by atoms with Crippen LogP contribution < -0.4 is 4.74 Å². The third-order valence-electron chi connectivity index (χ3n) is 3.83. The van der Waals surface area contributed by atoms with Gasteiger partial charge in [-0.2, -0.15) is 15.2 Å². The number of aromatic nitrogens is 2.